The van der Waals surface area contributed by atoms with Crippen LogP contribution in [0.1, 0.15) is 19.8 Å². The summed E-state index contributed by atoms with van der Waals surface area (Å²) in [5.74, 6) is -1.60. The lowest BCUT2D eigenvalue weighted by molar-refractivity contribution is -0.138. The molecule has 3 amide bonds. The maximum atomic E-state index is 12.1. The second-order valence-corrected chi connectivity index (χ2v) is 7.11. The monoisotopic (exact) mass is 415 g/mol. The first-order valence-corrected chi connectivity index (χ1v) is 9.72. The Balaban J connectivity index is 1.83. The molecule has 2 aromatic carbocycles. The van der Waals surface area contributed by atoms with Crippen molar-refractivity contribution in [2.24, 2.45) is 0 Å². The Hall–Kier alpha value is -3.33. The fourth-order valence-electron chi connectivity index (χ4n) is 2.29. The molecule has 0 aliphatic rings. The predicted octanol–water partition coefficient (Wildman–Crippen LogP) is 3.18. The second-order valence-electron chi connectivity index (χ2n) is 6.07. The SMILES string of the molecule is CC(=O)Nc1ccc(NC(=O)CSc2cccc(NC(=O)CCC(=O)O)c2)cc1. The van der Waals surface area contributed by atoms with Gasteiger partial charge < -0.3 is 21.1 Å². The van der Waals surface area contributed by atoms with Crippen molar-refractivity contribution in [1.29, 1.82) is 0 Å². The molecule has 0 aliphatic heterocycles. The fourth-order valence-corrected chi connectivity index (χ4v) is 3.05. The summed E-state index contributed by atoms with van der Waals surface area (Å²) in [7, 11) is 0. The van der Waals surface area contributed by atoms with Crippen molar-refractivity contribution in [1.82, 2.24) is 0 Å². The van der Waals surface area contributed by atoms with E-state index in [0.717, 1.165) is 4.90 Å². The number of hydrogen-bond acceptors (Lipinski definition) is 5. The number of nitrogens with one attached hydrogen (secondary N) is 3. The predicted molar refractivity (Wildman–Crippen MR) is 112 cm³/mol. The van der Waals surface area contributed by atoms with Gasteiger partial charge in [0.05, 0.1) is 12.2 Å². The van der Waals surface area contributed by atoms with Gasteiger partial charge in [-0.25, -0.2) is 0 Å². The number of anilines is 3. The van der Waals surface area contributed by atoms with Gasteiger partial charge in [0, 0.05) is 35.3 Å². The topological polar surface area (TPSA) is 125 Å². The molecule has 0 spiro atoms. The second kappa shape index (κ2) is 10.9. The van der Waals surface area contributed by atoms with Crippen LogP contribution in [0.3, 0.4) is 0 Å². The van der Waals surface area contributed by atoms with E-state index >= 15 is 0 Å². The third kappa shape index (κ3) is 8.48. The molecule has 0 atom stereocenters. The van der Waals surface area contributed by atoms with Crippen molar-refractivity contribution in [3.63, 3.8) is 0 Å². The Labute approximate surface area is 172 Å². The number of carbonyl (C=O) groups is 4. The summed E-state index contributed by atoms with van der Waals surface area (Å²) < 4.78 is 0. The summed E-state index contributed by atoms with van der Waals surface area (Å²) in [6.45, 7) is 1.42. The van der Waals surface area contributed by atoms with E-state index in [1.807, 2.05) is 6.07 Å². The number of amides is 3. The summed E-state index contributed by atoms with van der Waals surface area (Å²) in [6, 6.07) is 13.8. The zero-order chi connectivity index (χ0) is 21.2. The lowest BCUT2D eigenvalue weighted by Gasteiger charge is -2.08. The highest BCUT2D eigenvalue weighted by Crippen LogP contribution is 2.22. The number of hydrogen-bond donors (Lipinski definition) is 4. The molecule has 152 valence electrons. The van der Waals surface area contributed by atoms with E-state index in [1.54, 1.807) is 42.5 Å². The smallest absolute Gasteiger partial charge is 0.303 e. The highest BCUT2D eigenvalue weighted by atomic mass is 32.2. The van der Waals surface area contributed by atoms with Crippen LogP contribution in [-0.2, 0) is 19.2 Å². The van der Waals surface area contributed by atoms with Gasteiger partial charge in [-0.2, -0.15) is 0 Å². The van der Waals surface area contributed by atoms with E-state index in [4.69, 9.17) is 5.11 Å². The Morgan fingerprint density at radius 3 is 2.07 bits per heavy atom. The molecule has 0 aliphatic carbocycles. The van der Waals surface area contributed by atoms with E-state index < -0.39 is 5.97 Å². The van der Waals surface area contributed by atoms with Crippen LogP contribution in [0.5, 0.6) is 0 Å². The Morgan fingerprint density at radius 1 is 0.828 bits per heavy atom. The van der Waals surface area contributed by atoms with Gasteiger partial charge >= 0.3 is 5.97 Å². The van der Waals surface area contributed by atoms with Crippen LogP contribution in [0.15, 0.2) is 53.4 Å². The first kappa shape index (κ1) is 22.0. The van der Waals surface area contributed by atoms with Gasteiger partial charge in [0.2, 0.25) is 17.7 Å². The number of thioether (sulfide) groups is 1. The highest BCUT2D eigenvalue weighted by Gasteiger charge is 2.08. The molecule has 0 unspecified atom stereocenters. The van der Waals surface area contributed by atoms with Crippen LogP contribution in [0, 0.1) is 0 Å². The minimum atomic E-state index is -1.03. The number of carbonyl (C=O) groups excluding carboxylic acids is 3. The van der Waals surface area contributed by atoms with Gasteiger partial charge in [-0.15, -0.1) is 11.8 Å². The minimum absolute atomic E-state index is 0.101. The molecule has 0 radical (unpaired) electrons. The molecule has 0 bridgehead atoms. The third-order valence-electron chi connectivity index (χ3n) is 3.54. The number of benzene rings is 2. The molecule has 0 fully saturated rings. The Kier molecular flexibility index (Phi) is 8.23. The first-order chi connectivity index (χ1) is 13.8. The minimum Gasteiger partial charge on any atom is -0.481 e. The van der Waals surface area contributed by atoms with E-state index in [0.29, 0.717) is 17.1 Å². The number of aliphatic carboxylic acids is 1. The van der Waals surface area contributed by atoms with Crippen molar-refractivity contribution in [3.8, 4) is 0 Å². The number of carboxylic acid groups (broad SMARTS) is 1. The number of carboxylic acids is 1. The summed E-state index contributed by atoms with van der Waals surface area (Å²) in [5, 5.41) is 16.7. The van der Waals surface area contributed by atoms with E-state index in [-0.39, 0.29) is 36.3 Å². The van der Waals surface area contributed by atoms with Gasteiger partial charge in [-0.05, 0) is 42.5 Å². The maximum Gasteiger partial charge on any atom is 0.303 e. The van der Waals surface area contributed by atoms with E-state index in [2.05, 4.69) is 16.0 Å². The Bertz CT molecular complexity index is 899. The van der Waals surface area contributed by atoms with E-state index in [9.17, 15) is 19.2 Å². The zero-order valence-electron chi connectivity index (χ0n) is 15.7. The largest absolute Gasteiger partial charge is 0.481 e. The van der Waals surface area contributed by atoms with Crippen LogP contribution in [0.25, 0.3) is 0 Å². The third-order valence-corrected chi connectivity index (χ3v) is 4.54. The molecule has 29 heavy (non-hydrogen) atoms. The molecule has 4 N–H and O–H groups in total. The quantitative estimate of drug-likeness (QED) is 0.466. The van der Waals surface area contributed by atoms with Crippen LogP contribution in [-0.4, -0.2) is 34.6 Å². The van der Waals surface area contributed by atoms with Crippen LogP contribution in [0.2, 0.25) is 0 Å². The molecule has 0 aromatic heterocycles. The van der Waals surface area contributed by atoms with Crippen LogP contribution < -0.4 is 16.0 Å². The molecular formula is C20H21N3O5S. The summed E-state index contributed by atoms with van der Waals surface area (Å²) in [4.78, 5) is 46.2. The molecule has 0 saturated heterocycles. The van der Waals surface area contributed by atoms with Crippen LogP contribution >= 0.6 is 11.8 Å². The Morgan fingerprint density at radius 2 is 1.45 bits per heavy atom. The van der Waals surface area contributed by atoms with Gasteiger partial charge in [-0.1, -0.05) is 6.07 Å². The lowest BCUT2D eigenvalue weighted by Crippen LogP contribution is -2.14. The van der Waals surface area contributed by atoms with Crippen molar-refractivity contribution in [2.75, 3.05) is 21.7 Å². The molecular weight excluding hydrogens is 394 g/mol. The highest BCUT2D eigenvalue weighted by molar-refractivity contribution is 8.00. The molecule has 0 saturated carbocycles. The van der Waals surface area contributed by atoms with Gasteiger partial charge in [0.15, 0.2) is 0 Å². The zero-order valence-corrected chi connectivity index (χ0v) is 16.5. The van der Waals surface area contributed by atoms with Gasteiger partial charge in [-0.3, -0.25) is 19.2 Å². The van der Waals surface area contributed by atoms with Gasteiger partial charge in [0.25, 0.3) is 0 Å². The average molecular weight is 415 g/mol. The lowest BCUT2D eigenvalue weighted by atomic mass is 10.2. The number of rotatable bonds is 9. The molecule has 0 heterocycles. The van der Waals surface area contributed by atoms with E-state index in [1.165, 1.54) is 18.7 Å². The van der Waals surface area contributed by atoms with Crippen LogP contribution in [0.4, 0.5) is 17.1 Å². The van der Waals surface area contributed by atoms with Crippen molar-refractivity contribution in [3.05, 3.63) is 48.5 Å². The average Bonchev–Trinajstić information content (AvgIpc) is 2.66. The molecule has 2 aromatic rings. The molecule has 2 rings (SSSR count). The van der Waals surface area contributed by atoms with Crippen molar-refractivity contribution >= 4 is 52.5 Å². The maximum absolute atomic E-state index is 12.1. The van der Waals surface area contributed by atoms with Gasteiger partial charge in [0.1, 0.15) is 0 Å². The normalized spacial score (nSPS) is 10.1. The standard InChI is InChI=1S/C20H21N3O5S/c1-13(24)21-14-5-7-15(8-6-14)22-19(26)12-29-17-4-2-3-16(11-17)23-18(25)9-10-20(27)28/h2-8,11H,9-10,12H2,1H3,(H,21,24)(H,22,26)(H,23,25)(H,27,28). The molecule has 8 nitrogen and oxygen atoms in total. The summed E-state index contributed by atoms with van der Waals surface area (Å²) >= 11 is 1.30. The van der Waals surface area contributed by atoms with Crippen molar-refractivity contribution < 1.29 is 24.3 Å². The first-order valence-electron chi connectivity index (χ1n) is 8.74. The summed E-state index contributed by atoms with van der Waals surface area (Å²) in [6.07, 6.45) is -0.331. The fraction of sp³-hybridized carbons (Fsp3) is 0.200. The summed E-state index contributed by atoms with van der Waals surface area (Å²) in [5.41, 5.74) is 1.80. The van der Waals surface area contributed by atoms with Crippen molar-refractivity contribution in [2.45, 2.75) is 24.7 Å². The molecule has 9 heteroatoms.